The minimum absolute atomic E-state index is 0.235. The molecule has 2 aromatic heterocycles. The Morgan fingerprint density at radius 2 is 0.828 bits per heavy atom. The van der Waals surface area contributed by atoms with Gasteiger partial charge in [-0.2, -0.15) is 0 Å². The van der Waals surface area contributed by atoms with Crippen LogP contribution in [0.1, 0.15) is 17.5 Å². The molecule has 7 aromatic carbocycles. The van der Waals surface area contributed by atoms with Gasteiger partial charge in [-0.25, -0.2) is 0 Å². The van der Waals surface area contributed by atoms with Crippen molar-refractivity contribution in [3.63, 3.8) is 0 Å². The third kappa shape index (κ3) is 6.75. The fourth-order valence-corrected chi connectivity index (χ4v) is 10.8. The molecule has 1 aliphatic carbocycles. The topological polar surface area (TPSA) is 6.48 Å². The first kappa shape index (κ1) is 35.9. The first-order chi connectivity index (χ1) is 28.6. The number of hydrogen-bond donors (Lipinski definition) is 0. The molecule has 0 saturated heterocycles. The zero-order valence-electron chi connectivity index (χ0n) is 32.5. The first-order valence-electron chi connectivity index (χ1n) is 19.9. The van der Waals surface area contributed by atoms with Crippen molar-refractivity contribution >= 4 is 71.3 Å². The number of benzene rings is 7. The average Bonchev–Trinajstić information content (AvgIpc) is 3.81. The lowest BCUT2D eigenvalue weighted by molar-refractivity contribution is 0.785. The van der Waals surface area contributed by atoms with Crippen molar-refractivity contribution < 1.29 is 0 Å². The second-order valence-electron chi connectivity index (χ2n) is 14.9. The Bertz CT molecular complexity index is 2920. The van der Waals surface area contributed by atoms with Gasteiger partial charge >= 0.3 is 0 Å². The molecule has 1 unspecified atom stereocenters. The average molecular weight is 783 g/mol. The van der Waals surface area contributed by atoms with Gasteiger partial charge in [0, 0.05) is 47.6 Å². The van der Waals surface area contributed by atoms with E-state index in [9.17, 15) is 0 Å². The maximum atomic E-state index is 2.47. The minimum atomic E-state index is 0.235. The van der Waals surface area contributed by atoms with E-state index in [0.29, 0.717) is 0 Å². The molecule has 280 valence electrons. The number of fused-ring (bicyclic) bond motifs is 2. The molecule has 0 amide bonds. The lowest BCUT2D eigenvalue weighted by Crippen LogP contribution is -2.29. The molecule has 0 fully saturated rings. The maximum absolute atomic E-state index is 2.47. The molecule has 4 heteroatoms. The standard InChI is InChI=1S/C54H42N2S2/c1-37-49-17-9-11-19-51(49)57-53(37)41-25-33-47(34-26-41)55(43-13-5-3-6-14-43)45-29-21-39(22-30-45)40-23-31-46(32-24-40)56(44-15-7-4-8-16-44)48-35-27-42(28-36-48)54-38(2)50-18-10-12-20-52(50)58-54/h3-15,17-36,44H,16H2,1-2H3. The highest BCUT2D eigenvalue weighted by Crippen LogP contribution is 2.42. The molecule has 1 atom stereocenters. The highest BCUT2D eigenvalue weighted by atomic mass is 32.1. The predicted molar refractivity (Wildman–Crippen MR) is 253 cm³/mol. The van der Waals surface area contributed by atoms with Gasteiger partial charge in [-0.1, -0.05) is 127 Å². The van der Waals surface area contributed by atoms with Crippen LogP contribution in [-0.4, -0.2) is 6.04 Å². The molecule has 2 nitrogen and oxygen atoms in total. The largest absolute Gasteiger partial charge is 0.334 e. The summed E-state index contributed by atoms with van der Waals surface area (Å²) in [7, 11) is 0. The van der Waals surface area contributed by atoms with Crippen molar-refractivity contribution in [1.29, 1.82) is 0 Å². The van der Waals surface area contributed by atoms with Crippen LogP contribution in [0.15, 0.2) is 200 Å². The number of para-hydroxylation sites is 1. The molecule has 0 aliphatic heterocycles. The molecule has 0 N–H and O–H groups in total. The molecular formula is C54H42N2S2. The van der Waals surface area contributed by atoms with Crippen LogP contribution in [0.5, 0.6) is 0 Å². The van der Waals surface area contributed by atoms with Crippen LogP contribution >= 0.6 is 22.7 Å². The Morgan fingerprint density at radius 1 is 0.414 bits per heavy atom. The number of aryl methyl sites for hydroxylation is 2. The maximum Gasteiger partial charge on any atom is 0.0559 e. The van der Waals surface area contributed by atoms with Crippen LogP contribution in [0.3, 0.4) is 0 Å². The molecule has 10 rings (SSSR count). The van der Waals surface area contributed by atoms with Gasteiger partial charge in [0.25, 0.3) is 0 Å². The van der Waals surface area contributed by atoms with Crippen LogP contribution in [0, 0.1) is 13.8 Å². The summed E-state index contributed by atoms with van der Waals surface area (Å²) >= 11 is 3.75. The molecule has 2 heterocycles. The van der Waals surface area contributed by atoms with Crippen LogP contribution in [0.2, 0.25) is 0 Å². The molecule has 0 saturated carbocycles. The van der Waals surface area contributed by atoms with Gasteiger partial charge < -0.3 is 9.80 Å². The van der Waals surface area contributed by atoms with E-state index in [2.05, 4.69) is 224 Å². The van der Waals surface area contributed by atoms with Gasteiger partial charge in [0.15, 0.2) is 0 Å². The highest BCUT2D eigenvalue weighted by molar-refractivity contribution is 7.22. The van der Waals surface area contributed by atoms with Crippen molar-refractivity contribution in [3.8, 4) is 32.0 Å². The summed E-state index contributed by atoms with van der Waals surface area (Å²) in [5.41, 5.74) is 13.4. The summed E-state index contributed by atoms with van der Waals surface area (Å²) in [5.74, 6) is 0. The summed E-state index contributed by atoms with van der Waals surface area (Å²) in [4.78, 5) is 7.49. The second-order valence-corrected chi connectivity index (χ2v) is 17.1. The first-order valence-corrected chi connectivity index (χ1v) is 21.6. The van der Waals surface area contributed by atoms with Gasteiger partial charge in [0.2, 0.25) is 0 Å². The van der Waals surface area contributed by atoms with E-state index in [1.54, 1.807) is 0 Å². The fourth-order valence-electron chi connectivity index (χ4n) is 8.37. The highest BCUT2D eigenvalue weighted by Gasteiger charge is 2.21. The molecule has 0 bridgehead atoms. The van der Waals surface area contributed by atoms with Gasteiger partial charge in [0.1, 0.15) is 0 Å². The Balaban J connectivity index is 0.925. The number of allylic oxidation sites excluding steroid dienone is 2. The zero-order valence-corrected chi connectivity index (χ0v) is 34.2. The Labute approximate surface area is 348 Å². The lowest BCUT2D eigenvalue weighted by atomic mass is 10.0. The summed E-state index contributed by atoms with van der Waals surface area (Å²) < 4.78 is 2.67. The monoisotopic (exact) mass is 782 g/mol. The van der Waals surface area contributed by atoms with Gasteiger partial charge in [0.05, 0.1) is 6.04 Å². The normalized spacial score (nSPS) is 13.7. The van der Waals surface area contributed by atoms with Crippen molar-refractivity contribution in [2.24, 2.45) is 0 Å². The third-order valence-electron chi connectivity index (χ3n) is 11.4. The summed E-state index contributed by atoms with van der Waals surface area (Å²) in [5, 5.41) is 2.69. The van der Waals surface area contributed by atoms with Crippen molar-refractivity contribution in [3.05, 3.63) is 211 Å². The van der Waals surface area contributed by atoms with Gasteiger partial charge in [-0.05, 0) is 137 Å². The Hall–Kier alpha value is -6.46. The van der Waals surface area contributed by atoms with E-state index in [0.717, 1.165) is 23.5 Å². The Morgan fingerprint density at radius 3 is 1.28 bits per heavy atom. The molecule has 0 spiro atoms. The quantitative estimate of drug-likeness (QED) is 0.144. The van der Waals surface area contributed by atoms with E-state index in [1.165, 1.54) is 74.7 Å². The van der Waals surface area contributed by atoms with E-state index in [4.69, 9.17) is 0 Å². The fraction of sp³-hybridized carbons (Fsp3) is 0.0741. The van der Waals surface area contributed by atoms with Crippen LogP contribution in [-0.2, 0) is 0 Å². The van der Waals surface area contributed by atoms with E-state index >= 15 is 0 Å². The van der Waals surface area contributed by atoms with Crippen LogP contribution < -0.4 is 9.80 Å². The van der Waals surface area contributed by atoms with E-state index in [1.807, 2.05) is 22.7 Å². The summed E-state index contributed by atoms with van der Waals surface area (Å²) in [6, 6.07) is 64.5. The number of anilines is 5. The summed E-state index contributed by atoms with van der Waals surface area (Å²) in [6.07, 6.45) is 9.86. The van der Waals surface area contributed by atoms with Gasteiger partial charge in [-0.3, -0.25) is 0 Å². The Kier molecular flexibility index (Phi) is 9.58. The molecule has 0 radical (unpaired) electrons. The summed E-state index contributed by atoms with van der Waals surface area (Å²) in [6.45, 7) is 4.48. The van der Waals surface area contributed by atoms with E-state index in [-0.39, 0.29) is 6.04 Å². The predicted octanol–water partition coefficient (Wildman–Crippen LogP) is 16.2. The van der Waals surface area contributed by atoms with Crippen molar-refractivity contribution in [2.75, 3.05) is 9.80 Å². The molecule has 9 aromatic rings. The lowest BCUT2D eigenvalue weighted by Gasteiger charge is -2.33. The number of rotatable bonds is 9. The van der Waals surface area contributed by atoms with Crippen LogP contribution in [0.4, 0.5) is 28.4 Å². The number of hydrogen-bond acceptors (Lipinski definition) is 4. The van der Waals surface area contributed by atoms with Crippen LogP contribution in [0.25, 0.3) is 52.2 Å². The molecular weight excluding hydrogens is 741 g/mol. The van der Waals surface area contributed by atoms with Crippen molar-refractivity contribution in [1.82, 2.24) is 0 Å². The second kappa shape index (κ2) is 15.5. The molecule has 1 aliphatic rings. The van der Waals surface area contributed by atoms with Gasteiger partial charge in [-0.15, -0.1) is 22.7 Å². The number of thiophene rings is 2. The third-order valence-corrected chi connectivity index (χ3v) is 14.0. The minimum Gasteiger partial charge on any atom is -0.334 e. The van der Waals surface area contributed by atoms with E-state index < -0.39 is 0 Å². The number of nitrogens with zero attached hydrogens (tertiary/aromatic N) is 2. The van der Waals surface area contributed by atoms with Crippen molar-refractivity contribution in [2.45, 2.75) is 26.3 Å². The zero-order chi connectivity index (χ0) is 39.0. The smallest absolute Gasteiger partial charge is 0.0559 e. The SMILES string of the molecule is Cc1c(-c2ccc(N(c3ccccc3)c3ccc(-c4ccc(N(c5ccc(-c6sc7ccccc7c6C)cc5)C5C=CC=CC5)cc4)cc3)cc2)sc2ccccc12. The molecule has 58 heavy (non-hydrogen) atoms.